The summed E-state index contributed by atoms with van der Waals surface area (Å²) in [6.07, 6.45) is 7.23. The lowest BCUT2D eigenvalue weighted by molar-refractivity contribution is 0.0376. The number of carbonyl (C=O) groups excluding carboxylic acids is 1. The number of esters is 1. The van der Waals surface area contributed by atoms with Crippen molar-refractivity contribution in [1.82, 2.24) is 19.2 Å². The topological polar surface area (TPSA) is 50.1 Å². The minimum absolute atomic E-state index is 0.157. The van der Waals surface area contributed by atoms with Crippen LogP contribution in [-0.4, -0.2) is 64.0 Å². The number of aryl methyl sites for hydroxylation is 1. The van der Waals surface area contributed by atoms with Gasteiger partial charge in [-0.3, -0.25) is 9.88 Å². The van der Waals surface area contributed by atoms with E-state index in [1.807, 2.05) is 26.1 Å². The minimum atomic E-state index is -0.239. The van der Waals surface area contributed by atoms with Gasteiger partial charge in [-0.15, -0.1) is 0 Å². The predicted molar refractivity (Wildman–Crippen MR) is 140 cm³/mol. The van der Waals surface area contributed by atoms with Crippen LogP contribution in [0.3, 0.4) is 0 Å². The number of fused-ring (bicyclic) bond motifs is 2. The second-order valence-electron chi connectivity index (χ2n) is 10.3. The molecule has 6 nitrogen and oxygen atoms in total. The molecule has 3 aromatic rings. The number of aromatic nitrogens is 2. The van der Waals surface area contributed by atoms with E-state index in [0.717, 1.165) is 63.1 Å². The van der Waals surface area contributed by atoms with Gasteiger partial charge >= 0.3 is 5.97 Å². The van der Waals surface area contributed by atoms with Crippen LogP contribution in [-0.2, 0) is 17.6 Å². The van der Waals surface area contributed by atoms with Gasteiger partial charge in [0.15, 0.2) is 0 Å². The van der Waals surface area contributed by atoms with Crippen LogP contribution >= 0.6 is 0 Å². The van der Waals surface area contributed by atoms with Crippen LogP contribution in [0.15, 0.2) is 30.6 Å². The lowest BCUT2D eigenvalue weighted by Crippen LogP contribution is -2.47. The Morgan fingerprint density at radius 1 is 1.09 bits per heavy atom. The van der Waals surface area contributed by atoms with Crippen molar-refractivity contribution in [3.8, 4) is 11.1 Å². The molecule has 0 amide bonds. The zero-order valence-electron chi connectivity index (χ0n) is 21.8. The predicted octanol–water partition coefficient (Wildman–Crippen LogP) is 5.06. The van der Waals surface area contributed by atoms with Gasteiger partial charge in [-0.2, -0.15) is 0 Å². The highest BCUT2D eigenvalue weighted by molar-refractivity contribution is 5.95. The molecule has 6 heteroatoms. The summed E-state index contributed by atoms with van der Waals surface area (Å²) in [6.45, 7) is 15.7. The quantitative estimate of drug-likeness (QED) is 0.467. The van der Waals surface area contributed by atoms with E-state index in [9.17, 15) is 4.79 Å². The van der Waals surface area contributed by atoms with E-state index in [1.54, 1.807) is 0 Å². The summed E-state index contributed by atoms with van der Waals surface area (Å²) < 4.78 is 8.01. The number of carbonyl (C=O) groups is 1. The molecule has 186 valence electrons. The van der Waals surface area contributed by atoms with Crippen LogP contribution in [0.4, 0.5) is 0 Å². The molecule has 0 saturated carbocycles. The second kappa shape index (κ2) is 9.75. The van der Waals surface area contributed by atoms with E-state index in [1.165, 1.54) is 28.1 Å². The van der Waals surface area contributed by atoms with Gasteiger partial charge in [-0.1, -0.05) is 6.92 Å². The molecule has 4 heterocycles. The lowest BCUT2D eigenvalue weighted by Gasteiger charge is -2.38. The van der Waals surface area contributed by atoms with Crippen molar-refractivity contribution in [2.45, 2.75) is 66.0 Å². The maximum absolute atomic E-state index is 13.2. The fraction of sp³-hybridized carbons (Fsp3) is 0.517. The van der Waals surface area contributed by atoms with Gasteiger partial charge in [0, 0.05) is 61.6 Å². The first kappa shape index (κ1) is 24.0. The Hall–Kier alpha value is -2.70. The van der Waals surface area contributed by atoms with Gasteiger partial charge in [-0.05, 0) is 88.4 Å². The molecule has 1 atom stereocenters. The van der Waals surface area contributed by atoms with Crippen molar-refractivity contribution < 1.29 is 9.53 Å². The summed E-state index contributed by atoms with van der Waals surface area (Å²) in [5.74, 6) is -0.239. The Bertz CT molecular complexity index is 1240. The zero-order valence-corrected chi connectivity index (χ0v) is 21.8. The number of ether oxygens (including phenoxy) is 1. The number of likely N-dealkylation sites (N-methyl/N-ethyl adjacent to an activating group) is 1. The molecule has 1 aliphatic carbocycles. The van der Waals surface area contributed by atoms with Crippen molar-refractivity contribution in [2.75, 3.05) is 32.7 Å². The first-order valence-electron chi connectivity index (χ1n) is 13.2. The van der Waals surface area contributed by atoms with Gasteiger partial charge in [0.05, 0.1) is 17.2 Å². The number of pyridine rings is 2. The fourth-order valence-corrected chi connectivity index (χ4v) is 5.95. The summed E-state index contributed by atoms with van der Waals surface area (Å²) in [5, 5.41) is 0. The maximum atomic E-state index is 13.2. The number of nitrogens with zero attached hydrogens (tertiary/aromatic N) is 4. The summed E-state index contributed by atoms with van der Waals surface area (Å²) in [6, 6.07) is 6.58. The molecule has 1 aliphatic heterocycles. The minimum Gasteiger partial charge on any atom is -0.459 e. The molecule has 0 spiro atoms. The third-order valence-electron chi connectivity index (χ3n) is 7.89. The normalized spacial score (nSPS) is 17.8. The standard InChI is InChI=1S/C29H38N4O2/c1-6-31-14-16-32(17-15-31)21(5)28-20(4)25(29(34)35-19(2)3)18-27-24(11-13-33(27)28)22-10-12-30-26-9-7-8-23(22)26/h10-13,18-19,21H,6-9,14-17H2,1-5H3. The highest BCUT2D eigenvalue weighted by atomic mass is 16.5. The van der Waals surface area contributed by atoms with E-state index in [2.05, 4.69) is 58.3 Å². The Morgan fingerprint density at radius 3 is 2.57 bits per heavy atom. The van der Waals surface area contributed by atoms with E-state index in [0.29, 0.717) is 5.56 Å². The molecule has 0 bridgehead atoms. The van der Waals surface area contributed by atoms with Gasteiger partial charge in [-0.25, -0.2) is 4.79 Å². The maximum Gasteiger partial charge on any atom is 0.338 e. The molecule has 0 aromatic carbocycles. The average molecular weight is 475 g/mol. The molecule has 1 unspecified atom stereocenters. The molecule has 35 heavy (non-hydrogen) atoms. The average Bonchev–Trinajstić information content (AvgIpc) is 3.50. The van der Waals surface area contributed by atoms with Crippen molar-refractivity contribution in [1.29, 1.82) is 0 Å². The van der Waals surface area contributed by atoms with Crippen LogP contribution in [0.1, 0.15) is 73.0 Å². The smallest absolute Gasteiger partial charge is 0.338 e. The van der Waals surface area contributed by atoms with Crippen molar-refractivity contribution in [2.24, 2.45) is 0 Å². The largest absolute Gasteiger partial charge is 0.459 e. The van der Waals surface area contributed by atoms with Crippen LogP contribution in [0.5, 0.6) is 0 Å². The summed E-state index contributed by atoms with van der Waals surface area (Å²) in [5.41, 5.74) is 8.93. The Kier molecular flexibility index (Phi) is 6.69. The van der Waals surface area contributed by atoms with Gasteiger partial charge in [0.2, 0.25) is 0 Å². The van der Waals surface area contributed by atoms with Crippen LogP contribution < -0.4 is 0 Å². The molecule has 0 N–H and O–H groups in total. The molecular formula is C29H38N4O2. The second-order valence-corrected chi connectivity index (χ2v) is 10.3. The molecule has 1 fully saturated rings. The van der Waals surface area contributed by atoms with Crippen molar-refractivity contribution >= 4 is 11.5 Å². The molecule has 3 aromatic heterocycles. The lowest BCUT2D eigenvalue weighted by atomic mass is 9.97. The number of hydrogen-bond acceptors (Lipinski definition) is 5. The third-order valence-corrected chi connectivity index (χ3v) is 7.89. The summed E-state index contributed by atoms with van der Waals surface area (Å²) in [7, 11) is 0. The highest BCUT2D eigenvalue weighted by Crippen LogP contribution is 2.37. The Labute approximate surface area is 208 Å². The number of rotatable bonds is 6. The summed E-state index contributed by atoms with van der Waals surface area (Å²) >= 11 is 0. The molecule has 5 rings (SSSR count). The van der Waals surface area contributed by atoms with Gasteiger partial charge in [0.1, 0.15) is 0 Å². The van der Waals surface area contributed by atoms with E-state index < -0.39 is 0 Å². The van der Waals surface area contributed by atoms with E-state index in [4.69, 9.17) is 4.74 Å². The third kappa shape index (κ3) is 4.38. The Morgan fingerprint density at radius 2 is 1.86 bits per heavy atom. The SMILES string of the molecule is CCN1CCN(C(C)c2c(C)c(C(=O)OC(C)C)cc3c(-c4ccnc5c4CCC5)ccn23)CC1. The van der Waals surface area contributed by atoms with Crippen LogP contribution in [0.25, 0.3) is 16.6 Å². The molecule has 2 aliphatic rings. The fourth-order valence-electron chi connectivity index (χ4n) is 5.95. The zero-order chi connectivity index (χ0) is 24.7. The van der Waals surface area contributed by atoms with Crippen molar-refractivity contribution in [3.05, 3.63) is 58.7 Å². The summed E-state index contributed by atoms with van der Waals surface area (Å²) in [4.78, 5) is 22.9. The van der Waals surface area contributed by atoms with Crippen LogP contribution in [0, 0.1) is 6.92 Å². The first-order chi connectivity index (χ1) is 16.9. The molecule has 1 saturated heterocycles. The molecular weight excluding hydrogens is 436 g/mol. The number of piperazine rings is 1. The number of hydrogen-bond donors (Lipinski definition) is 0. The van der Waals surface area contributed by atoms with E-state index in [-0.39, 0.29) is 18.1 Å². The van der Waals surface area contributed by atoms with Crippen molar-refractivity contribution in [3.63, 3.8) is 0 Å². The highest BCUT2D eigenvalue weighted by Gasteiger charge is 2.28. The Balaban J connectivity index is 1.65. The van der Waals surface area contributed by atoms with Gasteiger partial charge < -0.3 is 14.0 Å². The van der Waals surface area contributed by atoms with Gasteiger partial charge in [0.25, 0.3) is 0 Å². The van der Waals surface area contributed by atoms with Crippen LogP contribution in [0.2, 0.25) is 0 Å². The molecule has 0 radical (unpaired) electrons. The van der Waals surface area contributed by atoms with E-state index >= 15 is 0 Å². The first-order valence-corrected chi connectivity index (χ1v) is 13.2. The monoisotopic (exact) mass is 474 g/mol.